The van der Waals surface area contributed by atoms with Crippen molar-refractivity contribution >= 4 is 29.3 Å². The van der Waals surface area contributed by atoms with E-state index >= 15 is 0 Å². The van der Waals surface area contributed by atoms with Gasteiger partial charge in [-0.15, -0.1) is 11.8 Å². The number of anilines is 1. The molecule has 1 N–H and O–H groups in total. The van der Waals surface area contributed by atoms with Gasteiger partial charge in [-0.25, -0.2) is 0 Å². The second-order valence-electron chi connectivity index (χ2n) is 6.64. The van der Waals surface area contributed by atoms with Crippen LogP contribution in [0.4, 0.5) is 5.69 Å². The van der Waals surface area contributed by atoms with Gasteiger partial charge >= 0.3 is 0 Å². The van der Waals surface area contributed by atoms with Gasteiger partial charge in [0.2, 0.25) is 5.91 Å². The van der Waals surface area contributed by atoms with Crippen molar-refractivity contribution in [3.8, 4) is 11.5 Å². The molecule has 2 amide bonds. The SMILES string of the molecule is CC1(C(=O)Nc2ccc3c(c2)OCCO3)CSCC(=O)N1Cc1ccco1. The van der Waals surface area contributed by atoms with Crippen molar-refractivity contribution < 1.29 is 23.5 Å². The van der Waals surface area contributed by atoms with Crippen LogP contribution in [0.5, 0.6) is 11.5 Å². The standard InChI is InChI=1S/C19H20N2O5S/c1-19(12-27-11-17(22)21(19)10-14-3-2-6-24-14)18(23)20-13-4-5-15-16(9-13)26-8-7-25-15/h2-6,9H,7-8,10-12H2,1H3,(H,20,23). The summed E-state index contributed by atoms with van der Waals surface area (Å²) in [5, 5.41) is 2.92. The highest BCUT2D eigenvalue weighted by Gasteiger charge is 2.45. The van der Waals surface area contributed by atoms with Gasteiger partial charge in [0.25, 0.3) is 5.91 Å². The van der Waals surface area contributed by atoms with Gasteiger partial charge in [0.1, 0.15) is 24.5 Å². The van der Waals surface area contributed by atoms with Gasteiger partial charge in [-0.05, 0) is 31.2 Å². The predicted molar refractivity (Wildman–Crippen MR) is 101 cm³/mol. The van der Waals surface area contributed by atoms with Gasteiger partial charge in [-0.1, -0.05) is 0 Å². The molecule has 142 valence electrons. The summed E-state index contributed by atoms with van der Waals surface area (Å²) in [4.78, 5) is 27.2. The molecule has 8 heteroatoms. The van der Waals surface area contributed by atoms with E-state index in [1.165, 1.54) is 11.8 Å². The third-order valence-electron chi connectivity index (χ3n) is 4.69. The van der Waals surface area contributed by atoms with Crippen LogP contribution in [-0.4, -0.2) is 47.0 Å². The van der Waals surface area contributed by atoms with Gasteiger partial charge in [0.15, 0.2) is 11.5 Å². The van der Waals surface area contributed by atoms with E-state index in [4.69, 9.17) is 13.9 Å². The fourth-order valence-electron chi connectivity index (χ4n) is 3.16. The highest BCUT2D eigenvalue weighted by atomic mass is 32.2. The average Bonchev–Trinajstić information content (AvgIpc) is 3.18. The molecule has 4 rings (SSSR count). The summed E-state index contributed by atoms with van der Waals surface area (Å²) in [6.07, 6.45) is 1.56. The summed E-state index contributed by atoms with van der Waals surface area (Å²) in [6.45, 7) is 3.03. The molecule has 2 aliphatic rings. The first kappa shape index (κ1) is 17.8. The summed E-state index contributed by atoms with van der Waals surface area (Å²) in [5.74, 6) is 2.45. The molecule has 1 aromatic heterocycles. The Bertz CT molecular complexity index is 854. The first-order valence-electron chi connectivity index (χ1n) is 8.68. The van der Waals surface area contributed by atoms with Crippen molar-refractivity contribution in [1.82, 2.24) is 4.90 Å². The molecule has 1 fully saturated rings. The number of benzene rings is 1. The molecule has 1 atom stereocenters. The molecule has 1 unspecified atom stereocenters. The highest BCUT2D eigenvalue weighted by molar-refractivity contribution is 8.00. The molecule has 2 aliphatic heterocycles. The summed E-state index contributed by atoms with van der Waals surface area (Å²) in [6, 6.07) is 8.85. The molecule has 27 heavy (non-hydrogen) atoms. The molecule has 0 bridgehead atoms. The third kappa shape index (κ3) is 3.49. The molecule has 7 nitrogen and oxygen atoms in total. The quantitative estimate of drug-likeness (QED) is 0.867. The van der Waals surface area contributed by atoms with Crippen LogP contribution in [0.2, 0.25) is 0 Å². The summed E-state index contributed by atoms with van der Waals surface area (Å²) >= 11 is 1.46. The fraction of sp³-hybridized carbons (Fsp3) is 0.368. The van der Waals surface area contributed by atoms with E-state index in [9.17, 15) is 9.59 Å². The molecule has 2 aromatic rings. The number of carbonyl (C=O) groups excluding carboxylic acids is 2. The Morgan fingerprint density at radius 2 is 2.07 bits per heavy atom. The Labute approximate surface area is 161 Å². The van der Waals surface area contributed by atoms with E-state index in [0.717, 1.165) is 0 Å². The molecule has 0 aliphatic carbocycles. The van der Waals surface area contributed by atoms with Crippen LogP contribution >= 0.6 is 11.8 Å². The van der Waals surface area contributed by atoms with Crippen molar-refractivity contribution in [2.24, 2.45) is 0 Å². The second-order valence-corrected chi connectivity index (χ2v) is 7.62. The van der Waals surface area contributed by atoms with E-state index in [-0.39, 0.29) is 18.4 Å². The van der Waals surface area contributed by atoms with Gasteiger partial charge in [-0.2, -0.15) is 0 Å². The van der Waals surface area contributed by atoms with Gasteiger partial charge in [0.05, 0.1) is 18.6 Å². The lowest BCUT2D eigenvalue weighted by Gasteiger charge is -2.42. The highest BCUT2D eigenvalue weighted by Crippen LogP contribution is 2.34. The number of hydrogen-bond donors (Lipinski definition) is 1. The molecular weight excluding hydrogens is 368 g/mol. The van der Waals surface area contributed by atoms with E-state index in [2.05, 4.69) is 5.32 Å². The predicted octanol–water partition coefficient (Wildman–Crippen LogP) is 2.52. The number of furan rings is 1. The number of nitrogens with zero attached hydrogens (tertiary/aromatic N) is 1. The van der Waals surface area contributed by atoms with Crippen molar-refractivity contribution in [3.63, 3.8) is 0 Å². The number of rotatable bonds is 4. The zero-order valence-corrected chi connectivity index (χ0v) is 15.7. The van der Waals surface area contributed by atoms with Gasteiger partial charge in [0, 0.05) is 17.5 Å². The zero-order valence-electron chi connectivity index (χ0n) is 14.9. The van der Waals surface area contributed by atoms with Gasteiger partial charge in [-0.3, -0.25) is 9.59 Å². The number of carbonyl (C=O) groups is 2. The first-order chi connectivity index (χ1) is 13.1. The Hall–Kier alpha value is -2.61. The summed E-state index contributed by atoms with van der Waals surface area (Å²) in [5.41, 5.74) is -0.383. The number of hydrogen-bond acceptors (Lipinski definition) is 6. The molecule has 1 saturated heterocycles. The monoisotopic (exact) mass is 388 g/mol. The zero-order chi connectivity index (χ0) is 18.9. The summed E-state index contributed by atoms with van der Waals surface area (Å²) < 4.78 is 16.4. The van der Waals surface area contributed by atoms with E-state index in [1.54, 1.807) is 48.4 Å². The van der Waals surface area contributed by atoms with Crippen molar-refractivity contribution in [2.75, 3.05) is 30.0 Å². The van der Waals surface area contributed by atoms with Crippen LogP contribution in [0, 0.1) is 0 Å². The Morgan fingerprint density at radius 3 is 2.85 bits per heavy atom. The Morgan fingerprint density at radius 1 is 1.26 bits per heavy atom. The van der Waals surface area contributed by atoms with Crippen LogP contribution in [-0.2, 0) is 16.1 Å². The minimum atomic E-state index is -0.986. The molecular formula is C19H20N2O5S. The lowest BCUT2D eigenvalue weighted by molar-refractivity contribution is -0.143. The van der Waals surface area contributed by atoms with E-state index in [0.29, 0.717) is 47.7 Å². The smallest absolute Gasteiger partial charge is 0.250 e. The fourth-order valence-corrected chi connectivity index (χ4v) is 4.28. The summed E-state index contributed by atoms with van der Waals surface area (Å²) in [7, 11) is 0. The minimum absolute atomic E-state index is 0.0810. The molecule has 0 saturated carbocycles. The van der Waals surface area contributed by atoms with Crippen molar-refractivity contribution in [2.45, 2.75) is 19.0 Å². The molecule has 0 spiro atoms. The van der Waals surface area contributed by atoms with Crippen LogP contribution in [0.25, 0.3) is 0 Å². The number of nitrogens with one attached hydrogen (secondary N) is 1. The van der Waals surface area contributed by atoms with Crippen molar-refractivity contribution in [1.29, 1.82) is 0 Å². The second kappa shape index (κ2) is 7.19. The van der Waals surface area contributed by atoms with E-state index < -0.39 is 5.54 Å². The third-order valence-corrected chi connectivity index (χ3v) is 5.91. The Kier molecular flexibility index (Phi) is 4.73. The maximum Gasteiger partial charge on any atom is 0.250 e. The first-order valence-corrected chi connectivity index (χ1v) is 9.83. The molecule has 1 aromatic carbocycles. The van der Waals surface area contributed by atoms with Gasteiger partial charge < -0.3 is 24.1 Å². The topological polar surface area (TPSA) is 81.0 Å². The number of amides is 2. The maximum atomic E-state index is 13.1. The largest absolute Gasteiger partial charge is 0.486 e. The van der Waals surface area contributed by atoms with Crippen LogP contribution < -0.4 is 14.8 Å². The lowest BCUT2D eigenvalue weighted by atomic mass is 9.99. The Balaban J connectivity index is 1.55. The number of thioether (sulfide) groups is 1. The average molecular weight is 388 g/mol. The maximum absolute atomic E-state index is 13.1. The number of ether oxygens (including phenoxy) is 2. The van der Waals surface area contributed by atoms with Crippen LogP contribution in [0.3, 0.4) is 0 Å². The van der Waals surface area contributed by atoms with Crippen LogP contribution in [0.1, 0.15) is 12.7 Å². The minimum Gasteiger partial charge on any atom is -0.486 e. The van der Waals surface area contributed by atoms with E-state index in [1.807, 2.05) is 0 Å². The molecule has 3 heterocycles. The lowest BCUT2D eigenvalue weighted by Crippen LogP contribution is -2.61. The molecule has 0 radical (unpaired) electrons. The van der Waals surface area contributed by atoms with Crippen molar-refractivity contribution in [3.05, 3.63) is 42.4 Å². The normalized spacial score (nSPS) is 21.8. The number of fused-ring (bicyclic) bond motifs is 1. The van der Waals surface area contributed by atoms with Crippen LogP contribution in [0.15, 0.2) is 41.0 Å².